The van der Waals surface area contributed by atoms with E-state index < -0.39 is 0 Å². The standard InChI is InChI=1S/C27H31ClN4O4/c1-35-24-15-20(10-12-23(24)36-17-19-8-5-9-21(28)14-19)26-30-27(34)22(31-32-26)11-13-25(33)29-16-18-6-3-2-4-7-18/h5,8-10,12,14-15,18H,2-4,6-7,11,13,16-17H2,1H3,(H,29,33)(H,30,32,34). The molecule has 4 rings (SSSR count). The lowest BCUT2D eigenvalue weighted by atomic mass is 9.89. The summed E-state index contributed by atoms with van der Waals surface area (Å²) in [7, 11) is 1.54. The number of hydrogen-bond acceptors (Lipinski definition) is 6. The molecule has 1 saturated carbocycles. The highest BCUT2D eigenvalue weighted by Gasteiger charge is 2.15. The number of nitrogens with zero attached hydrogens (tertiary/aromatic N) is 2. The fourth-order valence-electron chi connectivity index (χ4n) is 4.35. The smallest absolute Gasteiger partial charge is 0.273 e. The number of methoxy groups -OCH3 is 1. The molecule has 0 aliphatic heterocycles. The van der Waals surface area contributed by atoms with Gasteiger partial charge < -0.3 is 19.8 Å². The van der Waals surface area contributed by atoms with Crippen molar-refractivity contribution in [1.29, 1.82) is 0 Å². The largest absolute Gasteiger partial charge is 0.493 e. The lowest BCUT2D eigenvalue weighted by Crippen LogP contribution is -2.31. The van der Waals surface area contributed by atoms with Gasteiger partial charge in [0, 0.05) is 30.0 Å². The van der Waals surface area contributed by atoms with E-state index in [4.69, 9.17) is 21.1 Å². The first-order valence-electron chi connectivity index (χ1n) is 12.3. The Balaban J connectivity index is 1.35. The molecule has 1 heterocycles. The Hall–Kier alpha value is -3.39. The normalized spacial score (nSPS) is 13.8. The molecule has 36 heavy (non-hydrogen) atoms. The number of aromatic nitrogens is 3. The third-order valence-corrected chi connectivity index (χ3v) is 6.62. The van der Waals surface area contributed by atoms with Crippen molar-refractivity contribution in [3.05, 3.63) is 69.1 Å². The molecule has 8 nitrogen and oxygen atoms in total. The van der Waals surface area contributed by atoms with Crippen molar-refractivity contribution in [2.45, 2.75) is 51.6 Å². The number of amides is 1. The van der Waals surface area contributed by atoms with E-state index in [9.17, 15) is 9.59 Å². The number of ether oxygens (including phenoxy) is 2. The molecule has 0 spiro atoms. The lowest BCUT2D eigenvalue weighted by molar-refractivity contribution is -0.121. The summed E-state index contributed by atoms with van der Waals surface area (Å²) < 4.78 is 11.4. The van der Waals surface area contributed by atoms with Gasteiger partial charge in [0.25, 0.3) is 5.56 Å². The minimum Gasteiger partial charge on any atom is -0.493 e. The Labute approximate surface area is 215 Å². The van der Waals surface area contributed by atoms with Crippen LogP contribution in [0.15, 0.2) is 47.3 Å². The molecule has 0 bridgehead atoms. The second-order valence-electron chi connectivity index (χ2n) is 9.04. The predicted octanol–water partition coefficient (Wildman–Crippen LogP) is 4.70. The molecule has 1 fully saturated rings. The van der Waals surface area contributed by atoms with Crippen LogP contribution in [0.5, 0.6) is 11.5 Å². The number of nitrogens with one attached hydrogen (secondary N) is 2. The van der Waals surface area contributed by atoms with Crippen LogP contribution >= 0.6 is 11.6 Å². The number of aryl methyl sites for hydroxylation is 1. The quantitative estimate of drug-likeness (QED) is 0.409. The minimum atomic E-state index is -0.361. The van der Waals surface area contributed by atoms with Gasteiger partial charge in [-0.05, 0) is 54.7 Å². The first kappa shape index (κ1) is 25.7. The van der Waals surface area contributed by atoms with Crippen LogP contribution in [0.1, 0.15) is 49.8 Å². The molecule has 190 valence electrons. The second-order valence-corrected chi connectivity index (χ2v) is 9.48. The molecule has 0 saturated heterocycles. The Bertz CT molecular complexity index is 1240. The Morgan fingerprint density at radius 3 is 2.69 bits per heavy atom. The number of benzene rings is 2. The highest BCUT2D eigenvalue weighted by atomic mass is 35.5. The van der Waals surface area contributed by atoms with Crippen LogP contribution < -0.4 is 20.3 Å². The number of rotatable bonds is 10. The molecule has 2 N–H and O–H groups in total. The number of carbonyl (C=O) groups excluding carboxylic acids is 1. The van der Waals surface area contributed by atoms with Gasteiger partial charge in [-0.1, -0.05) is 43.0 Å². The van der Waals surface area contributed by atoms with Gasteiger partial charge in [-0.15, -0.1) is 10.2 Å². The van der Waals surface area contributed by atoms with Gasteiger partial charge in [0.15, 0.2) is 17.3 Å². The van der Waals surface area contributed by atoms with Crippen molar-refractivity contribution in [2.75, 3.05) is 13.7 Å². The fourth-order valence-corrected chi connectivity index (χ4v) is 4.56. The third kappa shape index (κ3) is 7.07. The van der Waals surface area contributed by atoms with E-state index in [0.29, 0.717) is 47.0 Å². The summed E-state index contributed by atoms with van der Waals surface area (Å²) in [5.74, 6) is 1.85. The first-order chi connectivity index (χ1) is 17.5. The van der Waals surface area contributed by atoms with E-state index in [-0.39, 0.29) is 30.0 Å². The van der Waals surface area contributed by atoms with Crippen LogP contribution in [0.25, 0.3) is 11.4 Å². The van der Waals surface area contributed by atoms with Gasteiger partial charge in [-0.3, -0.25) is 9.59 Å². The maximum atomic E-state index is 12.6. The van der Waals surface area contributed by atoms with E-state index >= 15 is 0 Å². The molecule has 0 unspecified atom stereocenters. The average molecular weight is 511 g/mol. The zero-order valence-electron chi connectivity index (χ0n) is 20.4. The molecule has 1 aromatic heterocycles. The van der Waals surface area contributed by atoms with E-state index in [0.717, 1.165) is 5.56 Å². The molecule has 0 atom stereocenters. The topological polar surface area (TPSA) is 106 Å². The molecule has 9 heteroatoms. The molecule has 1 amide bonds. The molecule has 1 aliphatic carbocycles. The van der Waals surface area contributed by atoms with Crippen molar-refractivity contribution < 1.29 is 14.3 Å². The number of aromatic amines is 1. The van der Waals surface area contributed by atoms with E-state index in [1.165, 1.54) is 32.1 Å². The van der Waals surface area contributed by atoms with Crippen molar-refractivity contribution in [1.82, 2.24) is 20.5 Å². The summed E-state index contributed by atoms with van der Waals surface area (Å²) in [6.07, 6.45) is 6.55. The van der Waals surface area contributed by atoms with Crippen molar-refractivity contribution in [2.24, 2.45) is 5.92 Å². The second kappa shape index (κ2) is 12.5. The molecular weight excluding hydrogens is 480 g/mol. The highest BCUT2D eigenvalue weighted by Crippen LogP contribution is 2.32. The van der Waals surface area contributed by atoms with Crippen LogP contribution in [0.4, 0.5) is 0 Å². The van der Waals surface area contributed by atoms with Crippen LogP contribution in [0, 0.1) is 5.92 Å². The summed E-state index contributed by atoms with van der Waals surface area (Å²) in [5, 5.41) is 11.9. The van der Waals surface area contributed by atoms with Gasteiger partial charge in [0.1, 0.15) is 12.3 Å². The van der Waals surface area contributed by atoms with Crippen molar-refractivity contribution in [3.63, 3.8) is 0 Å². The third-order valence-electron chi connectivity index (χ3n) is 6.39. The zero-order chi connectivity index (χ0) is 25.3. The van der Waals surface area contributed by atoms with Crippen LogP contribution in [-0.4, -0.2) is 34.7 Å². The Kier molecular flexibility index (Phi) is 8.95. The highest BCUT2D eigenvalue weighted by molar-refractivity contribution is 6.30. The van der Waals surface area contributed by atoms with E-state index in [2.05, 4.69) is 20.5 Å². The number of hydrogen-bond donors (Lipinski definition) is 2. The predicted molar refractivity (Wildman–Crippen MR) is 138 cm³/mol. The maximum Gasteiger partial charge on any atom is 0.273 e. The van der Waals surface area contributed by atoms with Crippen LogP contribution in [-0.2, 0) is 17.8 Å². The Morgan fingerprint density at radius 2 is 1.94 bits per heavy atom. The summed E-state index contributed by atoms with van der Waals surface area (Å²) >= 11 is 6.03. The average Bonchev–Trinajstić information content (AvgIpc) is 2.90. The van der Waals surface area contributed by atoms with Gasteiger partial charge in [-0.25, -0.2) is 0 Å². The summed E-state index contributed by atoms with van der Waals surface area (Å²) in [6, 6.07) is 12.7. The van der Waals surface area contributed by atoms with E-state index in [1.54, 1.807) is 31.4 Å². The molecule has 2 aromatic carbocycles. The van der Waals surface area contributed by atoms with Crippen molar-refractivity contribution in [3.8, 4) is 22.9 Å². The Morgan fingerprint density at radius 1 is 1.11 bits per heavy atom. The maximum absolute atomic E-state index is 12.6. The number of carbonyl (C=O) groups is 1. The fraction of sp³-hybridized carbons (Fsp3) is 0.407. The summed E-state index contributed by atoms with van der Waals surface area (Å²) in [4.78, 5) is 27.6. The molecule has 0 radical (unpaired) electrons. The monoisotopic (exact) mass is 510 g/mol. The van der Waals surface area contributed by atoms with Gasteiger partial charge >= 0.3 is 0 Å². The molecular formula is C27H31ClN4O4. The van der Waals surface area contributed by atoms with Gasteiger partial charge in [0.2, 0.25) is 5.91 Å². The van der Waals surface area contributed by atoms with Crippen LogP contribution in [0.3, 0.4) is 0 Å². The van der Waals surface area contributed by atoms with Gasteiger partial charge in [0.05, 0.1) is 7.11 Å². The summed E-state index contributed by atoms with van der Waals surface area (Å²) in [5.41, 5.74) is 1.44. The van der Waals surface area contributed by atoms with Gasteiger partial charge in [-0.2, -0.15) is 0 Å². The lowest BCUT2D eigenvalue weighted by Gasteiger charge is -2.21. The minimum absolute atomic E-state index is 0.0658. The van der Waals surface area contributed by atoms with Crippen molar-refractivity contribution >= 4 is 17.5 Å². The molecule has 1 aliphatic rings. The first-order valence-corrected chi connectivity index (χ1v) is 12.7. The van der Waals surface area contributed by atoms with Crippen LogP contribution in [0.2, 0.25) is 5.02 Å². The number of halogens is 1. The molecule has 3 aromatic rings. The van der Waals surface area contributed by atoms with E-state index in [1.807, 2.05) is 18.2 Å². The SMILES string of the molecule is COc1cc(-c2nnc(CCC(=O)NCC3CCCCC3)c(=O)[nH]2)ccc1OCc1cccc(Cl)c1. The summed E-state index contributed by atoms with van der Waals surface area (Å²) in [6.45, 7) is 1.04. The number of H-pyrrole nitrogens is 1. The zero-order valence-corrected chi connectivity index (χ0v) is 21.1.